The highest BCUT2D eigenvalue weighted by atomic mass is 32.1. The third-order valence-corrected chi connectivity index (χ3v) is 5.96. The molecule has 144 valence electrons. The molecule has 0 spiro atoms. The Balaban J connectivity index is 1.58. The number of anilines is 2. The lowest BCUT2D eigenvalue weighted by molar-refractivity contribution is 0.102. The average Bonchev–Trinajstić information content (AvgIpc) is 3.34. The van der Waals surface area contributed by atoms with Crippen molar-refractivity contribution in [2.24, 2.45) is 7.05 Å². The maximum Gasteiger partial charge on any atom is 0.276 e. The molecule has 0 atom stereocenters. The first-order chi connectivity index (χ1) is 13.5. The standard InChI is InChI=1S/C21H23N5OS/c1-14-8-10-26(21-22-9-11-28-21)13-16(14)19-12-18(24-25(19)3)20(27)23-17-7-5-4-6-15(17)2/h4-7,9,11-12H,8,10,13H2,1-3H3,(H,23,27). The summed E-state index contributed by atoms with van der Waals surface area (Å²) in [5, 5.41) is 10.5. The fraction of sp³-hybridized carbons (Fsp3) is 0.286. The zero-order chi connectivity index (χ0) is 19.7. The van der Waals surface area contributed by atoms with Crippen LogP contribution in [0, 0.1) is 6.92 Å². The largest absolute Gasteiger partial charge is 0.343 e. The van der Waals surface area contributed by atoms with Gasteiger partial charge in [-0.2, -0.15) is 5.10 Å². The van der Waals surface area contributed by atoms with Gasteiger partial charge in [-0.05, 0) is 43.5 Å². The van der Waals surface area contributed by atoms with Crippen LogP contribution >= 0.6 is 11.3 Å². The number of nitrogens with zero attached hydrogens (tertiary/aromatic N) is 4. The number of amides is 1. The second-order valence-corrected chi connectivity index (χ2v) is 7.93. The molecule has 0 aliphatic carbocycles. The molecule has 1 aliphatic heterocycles. The van der Waals surface area contributed by atoms with E-state index in [1.54, 1.807) is 16.0 Å². The van der Waals surface area contributed by atoms with E-state index in [0.717, 1.165) is 41.6 Å². The van der Waals surface area contributed by atoms with Crippen molar-refractivity contribution in [3.8, 4) is 0 Å². The Morgan fingerprint density at radius 3 is 2.82 bits per heavy atom. The second-order valence-electron chi connectivity index (χ2n) is 7.05. The highest BCUT2D eigenvalue weighted by Gasteiger charge is 2.23. The summed E-state index contributed by atoms with van der Waals surface area (Å²) in [6.45, 7) is 5.87. The minimum Gasteiger partial charge on any atom is -0.343 e. The Kier molecular flexibility index (Phi) is 5.00. The van der Waals surface area contributed by atoms with Crippen LogP contribution < -0.4 is 10.2 Å². The Morgan fingerprint density at radius 1 is 1.25 bits per heavy atom. The Labute approximate surface area is 168 Å². The number of hydrogen-bond acceptors (Lipinski definition) is 5. The quantitative estimate of drug-likeness (QED) is 0.724. The number of aromatic nitrogens is 3. The molecule has 7 heteroatoms. The third kappa shape index (κ3) is 3.57. The van der Waals surface area contributed by atoms with Crippen molar-refractivity contribution in [1.29, 1.82) is 0 Å². The minimum absolute atomic E-state index is 0.193. The number of para-hydroxylation sites is 1. The summed E-state index contributed by atoms with van der Waals surface area (Å²) in [5.41, 5.74) is 5.79. The number of nitrogens with one attached hydrogen (secondary N) is 1. The first-order valence-electron chi connectivity index (χ1n) is 9.27. The molecule has 0 fully saturated rings. The molecule has 28 heavy (non-hydrogen) atoms. The summed E-state index contributed by atoms with van der Waals surface area (Å²) >= 11 is 1.65. The Bertz CT molecular complexity index is 1040. The molecular weight excluding hydrogens is 370 g/mol. The molecule has 0 saturated heterocycles. The van der Waals surface area contributed by atoms with Gasteiger partial charge in [-0.1, -0.05) is 23.8 Å². The molecule has 1 N–H and O–H groups in total. The van der Waals surface area contributed by atoms with Gasteiger partial charge in [0.05, 0.1) is 5.69 Å². The smallest absolute Gasteiger partial charge is 0.276 e. The SMILES string of the molecule is CC1=C(c2cc(C(=O)Nc3ccccc3C)nn2C)CN(c2nccs2)CC1. The predicted octanol–water partition coefficient (Wildman–Crippen LogP) is 4.12. The molecule has 2 aromatic heterocycles. The maximum absolute atomic E-state index is 12.7. The van der Waals surface area contributed by atoms with Crippen LogP contribution in [0.2, 0.25) is 0 Å². The van der Waals surface area contributed by atoms with Crippen LogP contribution in [-0.4, -0.2) is 33.8 Å². The number of benzene rings is 1. The molecule has 3 aromatic rings. The maximum atomic E-state index is 12.7. The van der Waals surface area contributed by atoms with Crippen molar-refractivity contribution in [1.82, 2.24) is 14.8 Å². The van der Waals surface area contributed by atoms with E-state index in [1.165, 1.54) is 11.1 Å². The predicted molar refractivity (Wildman–Crippen MR) is 114 cm³/mol. The summed E-state index contributed by atoms with van der Waals surface area (Å²) in [4.78, 5) is 19.4. The van der Waals surface area contributed by atoms with Gasteiger partial charge in [0.25, 0.3) is 5.91 Å². The van der Waals surface area contributed by atoms with Gasteiger partial charge in [0.15, 0.2) is 10.8 Å². The van der Waals surface area contributed by atoms with Gasteiger partial charge in [0.1, 0.15) is 0 Å². The number of hydrogen-bond donors (Lipinski definition) is 1. The van der Waals surface area contributed by atoms with Gasteiger partial charge in [0, 0.05) is 37.4 Å². The first-order valence-corrected chi connectivity index (χ1v) is 10.2. The van der Waals surface area contributed by atoms with Crippen LogP contribution in [0.5, 0.6) is 0 Å². The third-order valence-electron chi connectivity index (χ3n) is 5.13. The zero-order valence-electron chi connectivity index (χ0n) is 16.3. The molecule has 0 saturated carbocycles. The normalized spacial score (nSPS) is 14.5. The van der Waals surface area contributed by atoms with Crippen LogP contribution in [0.4, 0.5) is 10.8 Å². The molecular formula is C21H23N5OS. The fourth-order valence-corrected chi connectivity index (χ4v) is 4.12. The monoisotopic (exact) mass is 393 g/mol. The van der Waals surface area contributed by atoms with Crippen molar-refractivity contribution in [3.63, 3.8) is 0 Å². The first kappa shape index (κ1) is 18.4. The van der Waals surface area contributed by atoms with Crippen molar-refractivity contribution >= 4 is 33.6 Å². The molecule has 0 bridgehead atoms. The Hall–Kier alpha value is -2.93. The van der Waals surface area contributed by atoms with E-state index in [9.17, 15) is 4.79 Å². The van der Waals surface area contributed by atoms with Gasteiger partial charge in [-0.3, -0.25) is 9.48 Å². The molecule has 0 unspecified atom stereocenters. The fourth-order valence-electron chi connectivity index (χ4n) is 3.45. The Morgan fingerprint density at radius 2 is 2.07 bits per heavy atom. The van der Waals surface area contributed by atoms with Gasteiger partial charge in [-0.15, -0.1) is 11.3 Å². The van der Waals surface area contributed by atoms with Crippen molar-refractivity contribution < 1.29 is 4.79 Å². The van der Waals surface area contributed by atoms with Crippen LogP contribution in [0.3, 0.4) is 0 Å². The summed E-state index contributed by atoms with van der Waals surface area (Å²) < 4.78 is 1.80. The average molecular weight is 394 g/mol. The number of aryl methyl sites for hydroxylation is 2. The summed E-state index contributed by atoms with van der Waals surface area (Å²) in [6, 6.07) is 9.63. The summed E-state index contributed by atoms with van der Waals surface area (Å²) in [5.74, 6) is -0.193. The number of rotatable bonds is 4. The lowest BCUT2D eigenvalue weighted by Crippen LogP contribution is -2.31. The van der Waals surface area contributed by atoms with Crippen molar-refractivity contribution in [2.75, 3.05) is 23.3 Å². The number of carbonyl (C=O) groups excluding carboxylic acids is 1. The lowest BCUT2D eigenvalue weighted by Gasteiger charge is -2.29. The molecule has 1 aliphatic rings. The lowest BCUT2D eigenvalue weighted by atomic mass is 9.99. The van der Waals surface area contributed by atoms with Crippen molar-refractivity contribution in [2.45, 2.75) is 20.3 Å². The van der Waals surface area contributed by atoms with Crippen LogP contribution in [-0.2, 0) is 7.05 Å². The van der Waals surface area contributed by atoms with Crippen LogP contribution in [0.25, 0.3) is 5.57 Å². The van der Waals surface area contributed by atoms with Crippen molar-refractivity contribution in [3.05, 3.63) is 64.4 Å². The minimum atomic E-state index is -0.193. The summed E-state index contributed by atoms with van der Waals surface area (Å²) in [6.07, 6.45) is 2.81. The van der Waals surface area contributed by atoms with Gasteiger partial charge in [0.2, 0.25) is 0 Å². The molecule has 0 radical (unpaired) electrons. The van der Waals surface area contributed by atoms with Gasteiger partial charge >= 0.3 is 0 Å². The van der Waals surface area contributed by atoms with E-state index in [-0.39, 0.29) is 5.91 Å². The van der Waals surface area contributed by atoms with E-state index >= 15 is 0 Å². The molecule has 1 aromatic carbocycles. The van der Waals surface area contributed by atoms with E-state index in [2.05, 4.69) is 27.2 Å². The van der Waals surface area contributed by atoms with E-state index in [0.29, 0.717) is 5.69 Å². The topological polar surface area (TPSA) is 63.1 Å². The number of carbonyl (C=O) groups is 1. The zero-order valence-corrected chi connectivity index (χ0v) is 17.1. The molecule has 1 amide bonds. The summed E-state index contributed by atoms with van der Waals surface area (Å²) in [7, 11) is 1.89. The highest BCUT2D eigenvalue weighted by Crippen LogP contribution is 2.30. The van der Waals surface area contributed by atoms with Crippen LogP contribution in [0.15, 0.2) is 47.5 Å². The van der Waals surface area contributed by atoms with E-state index < -0.39 is 0 Å². The second kappa shape index (κ2) is 7.59. The van der Waals surface area contributed by atoms with Crippen LogP contribution in [0.1, 0.15) is 35.1 Å². The highest BCUT2D eigenvalue weighted by molar-refractivity contribution is 7.13. The van der Waals surface area contributed by atoms with E-state index in [1.807, 2.05) is 55.9 Å². The molecule has 6 nitrogen and oxygen atoms in total. The molecule has 4 rings (SSSR count). The van der Waals surface area contributed by atoms with Gasteiger partial charge in [-0.25, -0.2) is 4.98 Å². The van der Waals surface area contributed by atoms with Gasteiger partial charge < -0.3 is 10.2 Å². The van der Waals surface area contributed by atoms with E-state index in [4.69, 9.17) is 0 Å². The number of thiazole rings is 1. The molecule has 3 heterocycles.